The van der Waals surface area contributed by atoms with Gasteiger partial charge in [-0.1, -0.05) is 108 Å². The zero-order chi connectivity index (χ0) is 57.2. The van der Waals surface area contributed by atoms with Gasteiger partial charge in [0.25, 0.3) is 0 Å². The van der Waals surface area contributed by atoms with Crippen LogP contribution in [0.1, 0.15) is 24.0 Å². The highest BCUT2D eigenvalue weighted by Crippen LogP contribution is 2.49. The molecule has 1 N–H and O–H groups in total. The normalized spacial score (nSPS) is 11.2. The highest BCUT2D eigenvalue weighted by Gasteiger charge is 2.32. The number of thiophene rings is 2. The molecule has 10 aromatic rings. The first kappa shape index (κ1) is 60.2. The number of halogens is 9. The second-order valence-electron chi connectivity index (χ2n) is 17.3. The second kappa shape index (κ2) is 29.2. The molecule has 0 atom stereocenters. The molecule has 0 saturated heterocycles. The fourth-order valence-corrected chi connectivity index (χ4v) is 11.5. The number of benzene rings is 8. The molecule has 10 rings (SSSR count). The van der Waals surface area contributed by atoms with Crippen LogP contribution in [-0.4, -0.2) is 40.4 Å². The Hall–Kier alpha value is -6.90. The van der Waals surface area contributed by atoms with Crippen molar-refractivity contribution in [3.05, 3.63) is 205 Å². The minimum Gasteiger partial charge on any atom is -0.508 e. The number of fused-ring (bicyclic) bond motifs is 2. The molecule has 0 radical (unpaired) electrons. The molecule has 0 amide bonds. The lowest BCUT2D eigenvalue weighted by Gasteiger charge is -2.11. The largest absolute Gasteiger partial charge is 0.573 e. The number of phenols is 1. The molecule has 8 nitrogen and oxygen atoms in total. The molecular weight excluding hydrogens is 1290 g/mol. The fraction of sp³-hybridized carbons (Fsp3) is 0.161. The van der Waals surface area contributed by atoms with E-state index in [2.05, 4.69) is 57.3 Å². The molecule has 0 aliphatic rings. The minimum absolute atomic E-state index is 0.109. The van der Waals surface area contributed by atoms with E-state index in [1.165, 1.54) is 65.5 Å². The van der Waals surface area contributed by atoms with E-state index < -0.39 is 12.7 Å². The van der Waals surface area contributed by atoms with Gasteiger partial charge in [-0.05, 0) is 169 Å². The van der Waals surface area contributed by atoms with Crippen LogP contribution in [-0.2, 0) is 13.2 Å². The number of hydrogen-bond donors (Lipinski definition) is 1. The lowest BCUT2D eigenvalue weighted by molar-refractivity contribution is -0.275. The molecular formula is C62H49Br3F6O8S2. The Morgan fingerprint density at radius 1 is 0.395 bits per heavy atom. The predicted molar refractivity (Wildman–Crippen MR) is 320 cm³/mol. The molecule has 2 heterocycles. The molecule has 0 spiro atoms. The second-order valence-corrected chi connectivity index (χ2v) is 21.8. The topological polar surface area (TPSA) is 84.8 Å². The van der Waals surface area contributed by atoms with Crippen molar-refractivity contribution in [1.82, 2.24) is 0 Å². The number of ether oxygens (including phenoxy) is 7. The molecule has 8 aromatic carbocycles. The number of phenolic OH excluding ortho intramolecular Hbond substituents is 1. The maximum absolute atomic E-state index is 12.7. The average molecular weight is 1340 g/mol. The zero-order valence-electron chi connectivity index (χ0n) is 42.7. The summed E-state index contributed by atoms with van der Waals surface area (Å²) in [6.45, 7) is 1.45. The van der Waals surface area contributed by atoms with Gasteiger partial charge < -0.3 is 38.3 Å². The van der Waals surface area contributed by atoms with Gasteiger partial charge in [0.15, 0.2) is 11.5 Å². The van der Waals surface area contributed by atoms with Crippen molar-refractivity contribution < 1.29 is 64.6 Å². The number of hydrogen-bond acceptors (Lipinski definition) is 10. The Morgan fingerprint density at radius 3 is 1.15 bits per heavy atom. The van der Waals surface area contributed by atoms with E-state index in [0.717, 1.165) is 69.2 Å². The summed E-state index contributed by atoms with van der Waals surface area (Å²) >= 11 is 12.9. The zero-order valence-corrected chi connectivity index (χ0v) is 49.0. The van der Waals surface area contributed by atoms with Crippen LogP contribution < -0.4 is 33.2 Å². The molecule has 81 heavy (non-hydrogen) atoms. The summed E-state index contributed by atoms with van der Waals surface area (Å²) in [5.74, 6) is 3.93. The molecule has 0 unspecified atom stereocenters. The quantitative estimate of drug-likeness (QED) is 0.0459. The van der Waals surface area contributed by atoms with Crippen LogP contribution in [0.15, 0.2) is 194 Å². The van der Waals surface area contributed by atoms with Gasteiger partial charge in [-0.3, -0.25) is 0 Å². The summed E-state index contributed by atoms with van der Waals surface area (Å²) in [7, 11) is 0. The first-order valence-electron chi connectivity index (χ1n) is 24.9. The smallest absolute Gasteiger partial charge is 0.508 e. The molecule has 2 aromatic heterocycles. The molecule has 0 aliphatic heterocycles. The van der Waals surface area contributed by atoms with Crippen LogP contribution in [0.25, 0.3) is 41.1 Å². The van der Waals surface area contributed by atoms with Crippen LogP contribution in [0.4, 0.5) is 26.3 Å². The van der Waals surface area contributed by atoms with Gasteiger partial charge in [-0.2, -0.15) is 0 Å². The van der Waals surface area contributed by atoms with E-state index in [-0.39, 0.29) is 17.2 Å². The van der Waals surface area contributed by atoms with E-state index in [1.54, 1.807) is 36.4 Å². The van der Waals surface area contributed by atoms with E-state index >= 15 is 0 Å². The van der Waals surface area contributed by atoms with Crippen molar-refractivity contribution in [2.75, 3.05) is 22.6 Å². The van der Waals surface area contributed by atoms with Gasteiger partial charge in [0.05, 0.1) is 16.4 Å². The molecule has 0 saturated carbocycles. The molecule has 0 bridgehead atoms. The number of rotatable bonds is 20. The lowest BCUT2D eigenvalue weighted by Crippen LogP contribution is -2.16. The first-order chi connectivity index (χ1) is 39.1. The summed E-state index contributed by atoms with van der Waals surface area (Å²) in [6, 6.07) is 56.2. The van der Waals surface area contributed by atoms with Crippen molar-refractivity contribution in [2.45, 2.75) is 38.8 Å². The van der Waals surface area contributed by atoms with Crippen LogP contribution in [0, 0.1) is 0 Å². The van der Waals surface area contributed by atoms with Crippen molar-refractivity contribution in [1.29, 1.82) is 0 Å². The van der Waals surface area contributed by atoms with Crippen LogP contribution in [0.3, 0.4) is 0 Å². The third kappa shape index (κ3) is 18.3. The Kier molecular flexibility index (Phi) is 21.7. The minimum atomic E-state index is -4.76. The summed E-state index contributed by atoms with van der Waals surface area (Å²) in [5, 5.41) is 14.4. The van der Waals surface area contributed by atoms with Crippen molar-refractivity contribution >= 4 is 90.6 Å². The van der Waals surface area contributed by atoms with Gasteiger partial charge in [-0.15, -0.1) is 49.0 Å². The maximum Gasteiger partial charge on any atom is 0.573 e. The number of alkyl halides is 9. The van der Waals surface area contributed by atoms with Crippen LogP contribution in [0.2, 0.25) is 0 Å². The van der Waals surface area contributed by atoms with Crippen molar-refractivity contribution in [2.24, 2.45) is 0 Å². The Bertz CT molecular complexity index is 3530. The summed E-state index contributed by atoms with van der Waals surface area (Å²) in [5.41, 5.74) is 3.47. The van der Waals surface area contributed by atoms with Gasteiger partial charge >= 0.3 is 12.7 Å². The standard InChI is InChI=1S/C31H24BrF3O4S.C28H19F3O4S.C3H6Br2/c32-17-4-18-36-23-11-13-24(14-12-23)38-29-27-16-15-26(37-20-21-5-2-1-3-6-21)19-28(27)40-30(29)22-7-9-25(10-8-22)39-31(33,34)35;29-28(30,31)35-22-10-6-19(7-11-22)27-26(34-21-12-8-20(32)9-13-21)24-15-14-23(16-25(24)36-27)33-17-18-4-2-1-3-5-18;4-2-1-3-5/h1-3,5-16,19H,4,17-18,20H2;1-16,32H,17H2;1-3H2. The van der Waals surface area contributed by atoms with Gasteiger partial charge in [0.1, 0.15) is 59.2 Å². The third-order valence-electron chi connectivity index (χ3n) is 11.3. The van der Waals surface area contributed by atoms with Gasteiger partial charge in [0, 0.05) is 36.2 Å². The highest BCUT2D eigenvalue weighted by molar-refractivity contribution is 9.09. The van der Waals surface area contributed by atoms with Crippen LogP contribution >= 0.6 is 70.5 Å². The first-order valence-corrected chi connectivity index (χ1v) is 29.9. The van der Waals surface area contributed by atoms with E-state index in [9.17, 15) is 31.4 Å². The lowest BCUT2D eigenvalue weighted by atomic mass is 10.1. The number of aromatic hydroxyl groups is 1. The summed E-state index contributed by atoms with van der Waals surface area (Å²) in [4.78, 5) is 1.50. The van der Waals surface area contributed by atoms with Crippen molar-refractivity contribution in [3.8, 4) is 78.4 Å². The Labute approximate surface area is 496 Å². The molecule has 0 aliphatic carbocycles. The monoisotopic (exact) mass is 1340 g/mol. The fourth-order valence-electron chi connectivity index (χ4n) is 7.62. The average Bonchev–Trinajstić information content (AvgIpc) is 4.19. The Morgan fingerprint density at radius 2 is 0.765 bits per heavy atom. The summed E-state index contributed by atoms with van der Waals surface area (Å²) < 4.78 is 116. The van der Waals surface area contributed by atoms with Gasteiger partial charge in [0.2, 0.25) is 0 Å². The third-order valence-corrected chi connectivity index (χ3v) is 15.4. The van der Waals surface area contributed by atoms with E-state index in [1.807, 2.05) is 121 Å². The predicted octanol–water partition coefficient (Wildman–Crippen LogP) is 20.7. The van der Waals surface area contributed by atoms with E-state index in [0.29, 0.717) is 65.4 Å². The van der Waals surface area contributed by atoms with Crippen LogP contribution in [0.5, 0.6) is 57.5 Å². The molecule has 420 valence electrons. The van der Waals surface area contributed by atoms with Crippen molar-refractivity contribution in [3.63, 3.8) is 0 Å². The van der Waals surface area contributed by atoms with Gasteiger partial charge in [-0.25, -0.2) is 0 Å². The molecule has 19 heteroatoms. The SMILES string of the molecule is BrCCCBr.FC(F)(F)Oc1ccc(-c2sc3cc(OCc4ccccc4)ccc3c2Oc2ccc(OCCCBr)cc2)cc1.Oc1ccc(Oc2c(-c3ccc(OC(F)(F)F)cc3)sc3cc(OCc4ccccc4)ccc23)cc1. The maximum atomic E-state index is 12.7. The Balaban J connectivity index is 0.000000197. The molecule has 0 fully saturated rings. The highest BCUT2D eigenvalue weighted by atomic mass is 79.9. The summed E-state index contributed by atoms with van der Waals surface area (Å²) in [6.07, 6.45) is -7.40. The van der Waals surface area contributed by atoms with E-state index in [4.69, 9.17) is 23.7 Å².